The van der Waals surface area contributed by atoms with Gasteiger partial charge in [0.2, 0.25) is 0 Å². The number of aliphatic hydroxyl groups is 1. The van der Waals surface area contributed by atoms with Gasteiger partial charge in [-0.25, -0.2) is 4.98 Å². The van der Waals surface area contributed by atoms with Crippen LogP contribution in [-0.4, -0.2) is 33.7 Å². The van der Waals surface area contributed by atoms with E-state index in [-0.39, 0.29) is 18.7 Å². The van der Waals surface area contributed by atoms with Crippen molar-refractivity contribution in [2.24, 2.45) is 0 Å². The van der Waals surface area contributed by atoms with Gasteiger partial charge in [-0.1, -0.05) is 35.3 Å². The molecule has 8 heteroatoms. The Bertz CT molecular complexity index is 946. The minimum Gasteiger partial charge on any atom is -0.489 e. The third-order valence-corrected chi connectivity index (χ3v) is 4.24. The second-order valence-electron chi connectivity index (χ2n) is 5.31. The average Bonchev–Trinajstić information content (AvgIpc) is 2.61. The topological polar surface area (TPSA) is 75.9 Å². The summed E-state index contributed by atoms with van der Waals surface area (Å²) in [4.78, 5) is 16.3. The number of rotatable bonds is 6. The molecule has 0 aliphatic rings. The first-order chi connectivity index (χ1) is 12.0. The second-order valence-corrected chi connectivity index (χ2v) is 6.09. The van der Waals surface area contributed by atoms with Crippen LogP contribution in [0, 0.1) is 0 Å². The predicted molar refractivity (Wildman–Crippen MR) is 97.9 cm³/mol. The van der Waals surface area contributed by atoms with E-state index in [2.05, 4.69) is 10.3 Å². The van der Waals surface area contributed by atoms with E-state index in [4.69, 9.17) is 27.9 Å². The van der Waals surface area contributed by atoms with Crippen molar-refractivity contribution in [1.29, 1.82) is 0 Å². The number of aromatic nitrogens is 2. The van der Waals surface area contributed by atoms with E-state index in [0.717, 1.165) is 0 Å². The molecule has 1 atom stereocenters. The quantitative estimate of drug-likeness (QED) is 0.688. The molecule has 0 bridgehead atoms. The van der Waals surface area contributed by atoms with Crippen LogP contribution >= 0.6 is 23.2 Å². The number of nitrogens with one attached hydrogen (secondary N) is 1. The van der Waals surface area contributed by atoms with Crippen molar-refractivity contribution in [2.75, 3.05) is 18.5 Å². The predicted octanol–water partition coefficient (Wildman–Crippen LogP) is 2.85. The molecule has 3 aromatic rings. The molecular formula is C17H15Cl2N3O3. The third kappa shape index (κ3) is 4.22. The molecule has 0 unspecified atom stereocenters. The molecule has 0 aliphatic heterocycles. The lowest BCUT2D eigenvalue weighted by Crippen LogP contribution is -2.27. The number of halogens is 2. The van der Waals surface area contributed by atoms with E-state index in [1.54, 1.807) is 42.6 Å². The summed E-state index contributed by atoms with van der Waals surface area (Å²) in [5.41, 5.74) is 0.318. The maximum Gasteiger partial charge on any atom is 0.259 e. The first-order valence-corrected chi connectivity index (χ1v) is 8.27. The lowest BCUT2D eigenvalue weighted by Gasteiger charge is -2.15. The fourth-order valence-electron chi connectivity index (χ4n) is 2.21. The minimum atomic E-state index is -0.828. The van der Waals surface area contributed by atoms with Crippen LogP contribution in [0.15, 0.2) is 53.5 Å². The highest BCUT2D eigenvalue weighted by Gasteiger charge is 2.10. The lowest BCUT2D eigenvalue weighted by atomic mass is 10.3. The summed E-state index contributed by atoms with van der Waals surface area (Å²) in [6.07, 6.45) is 0.817. The van der Waals surface area contributed by atoms with Gasteiger partial charge in [0.15, 0.2) is 0 Å². The molecule has 25 heavy (non-hydrogen) atoms. The van der Waals surface area contributed by atoms with E-state index < -0.39 is 6.10 Å². The molecule has 0 aliphatic carbocycles. The molecule has 2 heterocycles. The van der Waals surface area contributed by atoms with Crippen LogP contribution in [0.4, 0.5) is 5.82 Å². The zero-order chi connectivity index (χ0) is 17.8. The molecule has 2 N–H and O–H groups in total. The Balaban J connectivity index is 1.60. The number of ether oxygens (including phenoxy) is 1. The molecular weight excluding hydrogens is 365 g/mol. The number of benzene rings is 1. The first-order valence-electron chi connectivity index (χ1n) is 7.52. The second kappa shape index (κ2) is 7.74. The van der Waals surface area contributed by atoms with Gasteiger partial charge in [0, 0.05) is 18.8 Å². The van der Waals surface area contributed by atoms with Crippen molar-refractivity contribution < 1.29 is 9.84 Å². The average molecular weight is 380 g/mol. The van der Waals surface area contributed by atoms with E-state index in [1.807, 2.05) is 0 Å². The zero-order valence-electron chi connectivity index (χ0n) is 13.0. The van der Waals surface area contributed by atoms with Gasteiger partial charge < -0.3 is 15.2 Å². The van der Waals surface area contributed by atoms with E-state index >= 15 is 0 Å². The van der Waals surface area contributed by atoms with Crippen molar-refractivity contribution in [3.63, 3.8) is 0 Å². The Labute approximate surface area is 153 Å². The molecule has 3 rings (SSSR count). The van der Waals surface area contributed by atoms with Gasteiger partial charge in [0.05, 0.1) is 5.02 Å². The number of pyridine rings is 1. The lowest BCUT2D eigenvalue weighted by molar-refractivity contribution is 0.117. The Morgan fingerprint density at radius 1 is 1.24 bits per heavy atom. The third-order valence-electron chi connectivity index (χ3n) is 3.44. The highest BCUT2D eigenvalue weighted by molar-refractivity contribution is 6.42. The van der Waals surface area contributed by atoms with Crippen molar-refractivity contribution in [2.45, 2.75) is 6.10 Å². The van der Waals surface area contributed by atoms with E-state index in [1.165, 1.54) is 10.5 Å². The van der Waals surface area contributed by atoms with Crippen molar-refractivity contribution in [1.82, 2.24) is 9.38 Å². The Kier molecular flexibility index (Phi) is 5.43. The molecule has 130 valence electrons. The number of aliphatic hydroxyl groups excluding tert-OH is 1. The zero-order valence-corrected chi connectivity index (χ0v) is 14.5. The minimum absolute atomic E-state index is 0.0135. The van der Waals surface area contributed by atoms with Gasteiger partial charge in [0.25, 0.3) is 5.56 Å². The van der Waals surface area contributed by atoms with Crippen LogP contribution in [0.25, 0.3) is 5.65 Å². The molecule has 0 spiro atoms. The molecule has 0 saturated carbocycles. The maximum absolute atomic E-state index is 12.0. The Morgan fingerprint density at radius 2 is 2.08 bits per heavy atom. The Hall–Kier alpha value is -2.28. The Morgan fingerprint density at radius 3 is 2.92 bits per heavy atom. The highest BCUT2D eigenvalue weighted by atomic mass is 35.5. The van der Waals surface area contributed by atoms with Crippen LogP contribution < -0.4 is 15.6 Å². The molecule has 6 nitrogen and oxygen atoms in total. The van der Waals surface area contributed by atoms with Crippen molar-refractivity contribution in [3.05, 3.63) is 69.1 Å². The van der Waals surface area contributed by atoms with E-state index in [0.29, 0.717) is 27.3 Å². The molecule has 0 radical (unpaired) electrons. The first kappa shape index (κ1) is 17.5. The molecule has 2 aromatic heterocycles. The van der Waals surface area contributed by atoms with Crippen LogP contribution in [0.2, 0.25) is 10.0 Å². The fraction of sp³-hybridized carbons (Fsp3) is 0.176. The summed E-state index contributed by atoms with van der Waals surface area (Å²) < 4.78 is 6.91. The highest BCUT2D eigenvalue weighted by Crippen LogP contribution is 2.31. The van der Waals surface area contributed by atoms with Crippen LogP contribution in [0.1, 0.15) is 0 Å². The number of fused-ring (bicyclic) bond motifs is 1. The summed E-state index contributed by atoms with van der Waals surface area (Å²) in [6.45, 7) is 0.174. The molecule has 1 aromatic carbocycles. The van der Waals surface area contributed by atoms with Crippen molar-refractivity contribution in [3.8, 4) is 5.75 Å². The maximum atomic E-state index is 12.0. The van der Waals surface area contributed by atoms with Crippen LogP contribution in [0.5, 0.6) is 5.75 Å². The monoisotopic (exact) mass is 379 g/mol. The summed E-state index contributed by atoms with van der Waals surface area (Å²) in [7, 11) is 0. The summed E-state index contributed by atoms with van der Waals surface area (Å²) in [5.74, 6) is 0.784. The molecule has 0 amide bonds. The van der Waals surface area contributed by atoms with Gasteiger partial charge in [-0.05, 0) is 24.3 Å². The van der Waals surface area contributed by atoms with Crippen molar-refractivity contribution >= 4 is 34.7 Å². The van der Waals surface area contributed by atoms with Crippen LogP contribution in [0.3, 0.4) is 0 Å². The SMILES string of the molecule is O=c1cc(NC[C@H](O)COc2cccc(Cl)c2Cl)nc2ccccn12. The fourth-order valence-corrected chi connectivity index (χ4v) is 2.55. The van der Waals surface area contributed by atoms with Crippen LogP contribution in [-0.2, 0) is 0 Å². The summed E-state index contributed by atoms with van der Waals surface area (Å²) in [6, 6.07) is 11.7. The molecule has 0 fully saturated rings. The van der Waals surface area contributed by atoms with Gasteiger partial charge in [-0.2, -0.15) is 0 Å². The number of anilines is 1. The summed E-state index contributed by atoms with van der Waals surface area (Å²) >= 11 is 11.9. The van der Waals surface area contributed by atoms with E-state index in [9.17, 15) is 9.90 Å². The molecule has 0 saturated heterocycles. The number of hydrogen-bond donors (Lipinski definition) is 2. The normalized spacial score (nSPS) is 12.1. The van der Waals surface area contributed by atoms with Gasteiger partial charge in [-0.3, -0.25) is 9.20 Å². The standard InChI is InChI=1S/C17H15Cl2N3O3/c18-12-4-3-5-13(17(12)19)25-10-11(23)9-20-14-8-16(24)22-7-2-1-6-15(22)21-14/h1-8,11,20,23H,9-10H2/t11-/m0/s1. The van der Waals surface area contributed by atoms with Gasteiger partial charge >= 0.3 is 0 Å². The van der Waals surface area contributed by atoms with Gasteiger partial charge in [0.1, 0.15) is 34.9 Å². The summed E-state index contributed by atoms with van der Waals surface area (Å²) in [5, 5.41) is 13.6. The van der Waals surface area contributed by atoms with Gasteiger partial charge in [-0.15, -0.1) is 0 Å². The smallest absolute Gasteiger partial charge is 0.259 e. The number of hydrogen-bond acceptors (Lipinski definition) is 5. The number of nitrogens with zero attached hydrogens (tertiary/aromatic N) is 2. The largest absolute Gasteiger partial charge is 0.489 e.